The first-order chi connectivity index (χ1) is 51.3. The molecule has 5 heterocycles. The van der Waals surface area contributed by atoms with Gasteiger partial charge in [0.25, 0.3) is 0 Å². The Kier molecular flexibility index (Phi) is 25.0. The number of halogens is 1. The van der Waals surface area contributed by atoms with Crippen molar-refractivity contribution in [2.75, 3.05) is 0 Å². The van der Waals surface area contributed by atoms with Crippen molar-refractivity contribution >= 4 is 0 Å². The second-order valence-corrected chi connectivity index (χ2v) is 28.0. The van der Waals surface area contributed by atoms with E-state index in [0.29, 0.717) is 5.92 Å². The number of nitrogens with zero attached hydrogens (tertiary/aromatic N) is 5. The van der Waals surface area contributed by atoms with Crippen LogP contribution >= 0.6 is 0 Å². The first-order valence-electron chi connectivity index (χ1n) is 36.6. The van der Waals surface area contributed by atoms with Crippen molar-refractivity contribution in [1.29, 1.82) is 0 Å². The van der Waals surface area contributed by atoms with Gasteiger partial charge in [-0.1, -0.05) is 231 Å². The van der Waals surface area contributed by atoms with E-state index in [-0.39, 0.29) is 5.82 Å². The van der Waals surface area contributed by atoms with Gasteiger partial charge in [-0.25, -0.2) is 27.2 Å². The summed E-state index contributed by atoms with van der Waals surface area (Å²) in [6.07, 6.45) is 10.6. The topological polar surface area (TPSA) is 19.4 Å². The van der Waals surface area contributed by atoms with Gasteiger partial charge in [-0.3, -0.25) is 0 Å². The first kappa shape index (κ1) is 75.1. The van der Waals surface area contributed by atoms with Crippen LogP contribution in [0.2, 0.25) is 0 Å². The fourth-order valence-electron chi connectivity index (χ4n) is 13.3. The molecular weight excluding hydrogens is 1290 g/mol. The van der Waals surface area contributed by atoms with E-state index < -0.39 is 0 Å². The van der Waals surface area contributed by atoms with Gasteiger partial charge >= 0.3 is 0 Å². The van der Waals surface area contributed by atoms with Crippen molar-refractivity contribution in [3.8, 4) is 112 Å². The molecule has 10 aromatic carbocycles. The van der Waals surface area contributed by atoms with Gasteiger partial charge in [0.05, 0.1) is 0 Å². The zero-order chi connectivity index (χ0) is 74.8. The summed E-state index contributed by atoms with van der Waals surface area (Å²) in [6.45, 7) is 19.5. The fourth-order valence-corrected chi connectivity index (χ4v) is 13.3. The third-order valence-electron chi connectivity index (χ3n) is 19.8. The minimum Gasteiger partial charge on any atom is -0.207 e. The highest BCUT2D eigenvalue weighted by Gasteiger charge is 2.20. The van der Waals surface area contributed by atoms with Crippen molar-refractivity contribution < 1.29 is 27.2 Å². The molecule has 0 atom stereocenters. The summed E-state index contributed by atoms with van der Waals surface area (Å²) in [5, 5.41) is 0. The molecule has 0 amide bonds. The van der Waals surface area contributed by atoms with E-state index in [2.05, 4.69) is 411 Å². The van der Waals surface area contributed by atoms with Crippen LogP contribution in [0.15, 0.2) is 340 Å². The van der Waals surface area contributed by atoms with E-state index in [9.17, 15) is 4.39 Å². The molecule has 0 unspecified atom stereocenters. The SMILES string of the molecule is Cc1ccc(-c2cc[n+](C)c(-c3ccccc3C)c2)cc1.Cc1cccc(-c2cc[n+](C)c(-c3ccccc3C)c2)c1.Cc1ccccc1-c1cc(-c2ccc(F)cc2)cc[n+]1C.Cc1ccccc1-c1cc(-c2cccc(C(C)C)c2)cc[n+]1C.Cc1ccccc1-c1cc(-c2ccccc2)cc[n+]1C. The molecule has 0 fully saturated rings. The molecule has 0 aliphatic heterocycles. The van der Waals surface area contributed by atoms with Crippen molar-refractivity contribution in [1.82, 2.24) is 0 Å². The Morgan fingerprint density at radius 2 is 0.472 bits per heavy atom. The average molecular weight is 1390 g/mol. The average Bonchev–Trinajstić information content (AvgIpc) is 0.835. The van der Waals surface area contributed by atoms with Crippen molar-refractivity contribution in [2.24, 2.45) is 35.2 Å². The lowest BCUT2D eigenvalue weighted by molar-refractivity contribution is -0.660. The first-order valence-corrected chi connectivity index (χ1v) is 36.6. The van der Waals surface area contributed by atoms with Crippen LogP contribution in [-0.2, 0) is 35.2 Å². The monoisotopic (exact) mass is 1390 g/mol. The van der Waals surface area contributed by atoms with Crippen LogP contribution in [0.1, 0.15) is 64.3 Å². The summed E-state index contributed by atoms with van der Waals surface area (Å²) >= 11 is 0. The number of hydrogen-bond donors (Lipinski definition) is 0. The molecule has 0 bridgehead atoms. The number of aryl methyl sites for hydroxylation is 12. The van der Waals surface area contributed by atoms with E-state index in [4.69, 9.17) is 0 Å². The van der Waals surface area contributed by atoms with Crippen LogP contribution in [0.5, 0.6) is 0 Å². The Balaban J connectivity index is 0.000000132. The lowest BCUT2D eigenvalue weighted by Gasteiger charge is -2.10. The van der Waals surface area contributed by atoms with Crippen LogP contribution in [0, 0.1) is 54.3 Å². The molecule has 15 rings (SSSR count). The number of benzene rings is 10. The van der Waals surface area contributed by atoms with E-state index >= 15 is 0 Å². The molecule has 0 aliphatic carbocycles. The highest BCUT2D eigenvalue weighted by Crippen LogP contribution is 2.32. The quantitative estimate of drug-likeness (QED) is 0.115. The molecule has 106 heavy (non-hydrogen) atoms. The summed E-state index contributed by atoms with van der Waals surface area (Å²) < 4.78 is 23.9. The molecule has 0 aliphatic rings. The predicted molar refractivity (Wildman–Crippen MR) is 440 cm³/mol. The Bertz CT molecular complexity index is 5340. The third-order valence-corrected chi connectivity index (χ3v) is 19.8. The van der Waals surface area contributed by atoms with Gasteiger partial charge in [-0.05, 0) is 186 Å². The molecule has 0 N–H and O–H groups in total. The van der Waals surface area contributed by atoms with Crippen molar-refractivity contribution in [3.63, 3.8) is 0 Å². The molecule has 5 aromatic heterocycles. The van der Waals surface area contributed by atoms with Gasteiger partial charge in [-0.2, -0.15) is 0 Å². The molecule has 526 valence electrons. The van der Waals surface area contributed by atoms with Gasteiger partial charge in [0.1, 0.15) is 41.1 Å². The molecule has 0 spiro atoms. The van der Waals surface area contributed by atoms with E-state index in [1.54, 1.807) is 0 Å². The van der Waals surface area contributed by atoms with Gasteiger partial charge < -0.3 is 0 Å². The highest BCUT2D eigenvalue weighted by atomic mass is 19.1. The lowest BCUT2D eigenvalue weighted by Crippen LogP contribution is -2.30. The fraction of sp³-hybridized carbons (Fsp3) is 0.150. The predicted octanol–water partition coefficient (Wildman–Crippen LogP) is 22.6. The maximum Gasteiger partial charge on any atom is 0.213 e. The second kappa shape index (κ2) is 35.4. The van der Waals surface area contributed by atoms with E-state index in [0.717, 1.165) is 16.8 Å². The molecule has 6 heteroatoms. The summed E-state index contributed by atoms with van der Waals surface area (Å²) in [7, 11) is 10.4. The summed E-state index contributed by atoms with van der Waals surface area (Å²) in [6, 6.07) is 108. The van der Waals surface area contributed by atoms with Gasteiger partial charge in [0.15, 0.2) is 31.0 Å². The Morgan fingerprint density at radius 1 is 0.217 bits per heavy atom. The van der Waals surface area contributed by atoms with Crippen LogP contribution < -0.4 is 22.8 Å². The number of pyridine rings is 5. The Labute approximate surface area is 629 Å². The minimum atomic E-state index is -0.209. The summed E-state index contributed by atoms with van der Waals surface area (Å²) in [4.78, 5) is 0. The zero-order valence-corrected chi connectivity index (χ0v) is 64.0. The van der Waals surface area contributed by atoms with Crippen LogP contribution in [0.25, 0.3) is 112 Å². The molecule has 0 saturated heterocycles. The number of hydrogen-bond acceptors (Lipinski definition) is 0. The minimum absolute atomic E-state index is 0.209. The van der Waals surface area contributed by atoms with Crippen molar-refractivity contribution in [3.05, 3.63) is 391 Å². The van der Waals surface area contributed by atoms with Crippen molar-refractivity contribution in [2.45, 2.75) is 68.2 Å². The Hall–Kier alpha value is -12.1. The highest BCUT2D eigenvalue weighted by molar-refractivity contribution is 5.75. The standard InChI is InChI=1S/C22H24N.2C20H20N.C19H17FN.C19H18N/c1-16(2)18-9-7-10-19(14-18)20-12-13-23(4)22(15-20)21-11-6-5-8-17(21)3;1-15-7-6-9-17(13-15)18-11-12-21(3)20(14-18)19-10-5-4-8-16(19)2;1-15-8-10-17(11-9-15)18-12-13-21(3)20(14-18)19-7-5-4-6-16(19)2;1-14-5-3-4-6-18(14)19-13-16(11-12-21(19)2)15-7-9-17(20)10-8-15;1-15-8-6-7-11-18(15)19-14-17(12-13-20(19)2)16-9-4-3-5-10-16/h5-16H,1-4H3;2*4-14H,1-3H3;3-13H,1-2H3;3-14H,1-2H3/q5*+1. The normalized spacial score (nSPS) is 10.7. The van der Waals surface area contributed by atoms with Crippen LogP contribution in [0.3, 0.4) is 0 Å². The smallest absolute Gasteiger partial charge is 0.207 e. The lowest BCUT2D eigenvalue weighted by atomic mass is 9.96. The van der Waals surface area contributed by atoms with Crippen LogP contribution in [-0.4, -0.2) is 0 Å². The second-order valence-electron chi connectivity index (χ2n) is 28.0. The number of rotatable bonds is 11. The molecule has 0 saturated carbocycles. The van der Waals surface area contributed by atoms with Crippen LogP contribution in [0.4, 0.5) is 4.39 Å². The molecule has 5 nitrogen and oxygen atoms in total. The van der Waals surface area contributed by atoms with Gasteiger partial charge in [0.2, 0.25) is 28.5 Å². The van der Waals surface area contributed by atoms with Gasteiger partial charge in [-0.15, -0.1) is 0 Å². The molecular formula is C100H99FN5+5. The summed E-state index contributed by atoms with van der Waals surface area (Å²) in [5.74, 6) is 0.338. The largest absolute Gasteiger partial charge is 0.213 e. The Morgan fingerprint density at radius 3 is 0.783 bits per heavy atom. The van der Waals surface area contributed by atoms with E-state index in [1.807, 2.05) is 37.5 Å². The number of aromatic nitrogens is 5. The molecule has 15 aromatic rings. The van der Waals surface area contributed by atoms with E-state index in [1.165, 1.54) is 152 Å². The third kappa shape index (κ3) is 19.0. The van der Waals surface area contributed by atoms with Gasteiger partial charge in [0, 0.05) is 88.5 Å². The maximum absolute atomic E-state index is 13.1. The zero-order valence-electron chi connectivity index (χ0n) is 64.0. The molecule has 0 radical (unpaired) electrons. The maximum atomic E-state index is 13.1. The summed E-state index contributed by atoms with van der Waals surface area (Å²) in [5.41, 5.74) is 35.1.